The van der Waals surface area contributed by atoms with Crippen molar-refractivity contribution in [2.75, 3.05) is 7.11 Å². The van der Waals surface area contributed by atoms with E-state index in [0.29, 0.717) is 61.0 Å². The average Bonchev–Trinajstić information content (AvgIpc) is 3.36. The van der Waals surface area contributed by atoms with Gasteiger partial charge in [-0.3, -0.25) is 14.3 Å². The average molecular weight is 442 g/mol. The topological polar surface area (TPSA) is 94.3 Å². The lowest BCUT2D eigenvalue weighted by Crippen LogP contribution is -2.51. The van der Waals surface area contributed by atoms with Gasteiger partial charge in [0.25, 0.3) is 0 Å². The molecule has 0 amide bonds. The van der Waals surface area contributed by atoms with Crippen LogP contribution in [0.4, 0.5) is 0 Å². The molecule has 1 aromatic heterocycles. The third-order valence-electron chi connectivity index (χ3n) is 9.41. The lowest BCUT2D eigenvalue weighted by atomic mass is 9.50. The molecular weight excluding hydrogens is 406 g/mol. The van der Waals surface area contributed by atoms with Crippen molar-refractivity contribution in [2.45, 2.75) is 83.3 Å². The summed E-state index contributed by atoms with van der Waals surface area (Å²) in [6.45, 7) is 2.85. The smallest absolute Gasteiger partial charge is 0.305 e. The van der Waals surface area contributed by atoms with Crippen LogP contribution in [0.5, 0.6) is 0 Å². The van der Waals surface area contributed by atoms with E-state index in [4.69, 9.17) is 4.74 Å². The number of hydrogen-bond acceptors (Lipinski definition) is 6. The quantitative estimate of drug-likeness (QED) is 0.702. The van der Waals surface area contributed by atoms with Crippen LogP contribution in [0.25, 0.3) is 0 Å². The zero-order valence-electron chi connectivity index (χ0n) is 19.3. The highest BCUT2D eigenvalue weighted by Crippen LogP contribution is 2.67. The van der Waals surface area contributed by atoms with Gasteiger partial charge in [-0.15, -0.1) is 5.10 Å². The van der Waals surface area contributed by atoms with Crippen molar-refractivity contribution >= 4 is 11.8 Å². The van der Waals surface area contributed by atoms with Gasteiger partial charge in [0.05, 0.1) is 13.3 Å². The number of ketones is 1. The second-order valence-corrected chi connectivity index (χ2v) is 10.7. The van der Waals surface area contributed by atoms with E-state index in [0.717, 1.165) is 44.9 Å². The first-order valence-electron chi connectivity index (χ1n) is 12.3. The van der Waals surface area contributed by atoms with Crippen molar-refractivity contribution in [1.29, 1.82) is 0 Å². The third kappa shape index (κ3) is 3.35. The summed E-state index contributed by atoms with van der Waals surface area (Å²) in [5.74, 6) is 2.40. The number of methoxy groups -OCH3 is 1. The number of fused-ring (bicyclic) bond motifs is 5. The number of aryl methyl sites for hydroxylation is 1. The summed E-state index contributed by atoms with van der Waals surface area (Å²) in [6.07, 6.45) is 12.5. The molecule has 7 nitrogen and oxygen atoms in total. The number of carbonyl (C=O) groups excluding carboxylic acids is 2. The molecule has 5 rings (SSSR count). The number of aromatic nitrogens is 3. The van der Waals surface area contributed by atoms with E-state index in [-0.39, 0.29) is 11.4 Å². The van der Waals surface area contributed by atoms with E-state index in [2.05, 4.69) is 17.2 Å². The van der Waals surface area contributed by atoms with Crippen LogP contribution < -0.4 is 0 Å². The highest BCUT2D eigenvalue weighted by molar-refractivity contribution is 5.91. The highest BCUT2D eigenvalue weighted by atomic mass is 16.5. The summed E-state index contributed by atoms with van der Waals surface area (Å²) < 4.78 is 6.45. The first-order valence-corrected chi connectivity index (χ1v) is 12.3. The fourth-order valence-corrected chi connectivity index (χ4v) is 7.70. The largest absolute Gasteiger partial charge is 0.469 e. The van der Waals surface area contributed by atoms with Crippen molar-refractivity contribution in [1.82, 2.24) is 15.0 Å². The van der Waals surface area contributed by atoms with Crippen molar-refractivity contribution in [2.24, 2.45) is 29.1 Å². The molecule has 0 saturated heterocycles. The van der Waals surface area contributed by atoms with Gasteiger partial charge in [-0.2, -0.15) is 0 Å². The zero-order valence-corrected chi connectivity index (χ0v) is 19.3. The molecule has 174 valence electrons. The van der Waals surface area contributed by atoms with Crippen LogP contribution in [0.15, 0.2) is 17.8 Å². The first-order chi connectivity index (χ1) is 15.4. The predicted octanol–water partition coefficient (Wildman–Crippen LogP) is 3.56. The fraction of sp³-hybridized carbons (Fsp3) is 0.760. The van der Waals surface area contributed by atoms with Gasteiger partial charge in [0.15, 0.2) is 5.78 Å². The third-order valence-corrected chi connectivity index (χ3v) is 9.41. The molecule has 0 aliphatic heterocycles. The minimum Gasteiger partial charge on any atom is -0.469 e. The summed E-state index contributed by atoms with van der Waals surface area (Å²) in [7, 11) is 1.40. The molecule has 32 heavy (non-hydrogen) atoms. The predicted molar refractivity (Wildman–Crippen MR) is 117 cm³/mol. The van der Waals surface area contributed by atoms with Crippen molar-refractivity contribution in [3.05, 3.63) is 23.5 Å². The highest BCUT2D eigenvalue weighted by Gasteiger charge is 2.63. The van der Waals surface area contributed by atoms with Gasteiger partial charge in [-0.1, -0.05) is 17.7 Å². The monoisotopic (exact) mass is 441 g/mol. The van der Waals surface area contributed by atoms with E-state index in [1.165, 1.54) is 12.7 Å². The summed E-state index contributed by atoms with van der Waals surface area (Å²) >= 11 is 0. The molecule has 1 N–H and O–H groups in total. The Morgan fingerprint density at radius 2 is 2.06 bits per heavy atom. The van der Waals surface area contributed by atoms with Crippen molar-refractivity contribution in [3.63, 3.8) is 0 Å². The minimum absolute atomic E-state index is 0.202. The van der Waals surface area contributed by atoms with Gasteiger partial charge in [0.1, 0.15) is 11.3 Å². The lowest BCUT2D eigenvalue weighted by Gasteiger charge is -2.55. The Bertz CT molecular complexity index is 939. The van der Waals surface area contributed by atoms with Gasteiger partial charge in [0, 0.05) is 24.8 Å². The number of rotatable bonds is 5. The van der Waals surface area contributed by atoms with Gasteiger partial charge in [-0.25, -0.2) is 0 Å². The second-order valence-electron chi connectivity index (χ2n) is 10.7. The van der Waals surface area contributed by atoms with Crippen LogP contribution in [0.1, 0.15) is 76.8 Å². The van der Waals surface area contributed by atoms with Gasteiger partial charge in [0.2, 0.25) is 0 Å². The molecule has 0 radical (unpaired) electrons. The summed E-state index contributed by atoms with van der Waals surface area (Å²) in [5.41, 5.74) is 0.919. The van der Waals surface area contributed by atoms with Gasteiger partial charge < -0.3 is 9.84 Å². The van der Waals surface area contributed by atoms with E-state index >= 15 is 0 Å². The molecular formula is C25H35N3O4. The summed E-state index contributed by atoms with van der Waals surface area (Å²) in [6, 6.07) is 0. The van der Waals surface area contributed by atoms with Gasteiger partial charge in [-0.05, 0) is 81.1 Å². The number of carbonyl (C=O) groups is 2. The molecule has 3 saturated carbocycles. The molecule has 4 unspecified atom stereocenters. The SMILES string of the molecule is COC(=O)CCCn1cc([C@]2(O)CCC3C4CCC5=CC(=O)CCC5C4CC[C@@]32C)nn1. The van der Waals surface area contributed by atoms with Gasteiger partial charge >= 0.3 is 5.97 Å². The van der Waals surface area contributed by atoms with Crippen LogP contribution in [0, 0.1) is 29.1 Å². The fourth-order valence-electron chi connectivity index (χ4n) is 7.70. The van der Waals surface area contributed by atoms with E-state index < -0.39 is 5.60 Å². The molecule has 1 aromatic rings. The molecule has 0 bridgehead atoms. The van der Waals surface area contributed by atoms with Crippen LogP contribution >= 0.6 is 0 Å². The number of aliphatic hydroxyl groups is 1. The number of esters is 1. The van der Waals surface area contributed by atoms with Crippen LogP contribution in [-0.2, 0) is 26.5 Å². The lowest BCUT2D eigenvalue weighted by molar-refractivity contribution is -0.140. The first kappa shape index (κ1) is 21.8. The number of nitrogens with zero attached hydrogens (tertiary/aromatic N) is 3. The standard InChI is InChI=1S/C25H35N3O4/c1-24-11-9-19-18-8-6-17(29)14-16(18)5-7-20(19)21(24)10-12-25(24,31)22-15-28(27-26-22)13-3-4-23(30)32-2/h14-15,18-21,31H,3-13H2,1-2H3/t18?,19?,20?,21?,24-,25+/m0/s1. The van der Waals surface area contributed by atoms with Crippen LogP contribution in [0.2, 0.25) is 0 Å². The Balaban J connectivity index is 1.33. The van der Waals surface area contributed by atoms with Crippen LogP contribution in [0.3, 0.4) is 0 Å². The molecule has 6 atom stereocenters. The molecule has 3 fully saturated rings. The van der Waals surface area contributed by atoms with Crippen molar-refractivity contribution in [3.8, 4) is 0 Å². The molecule has 0 spiro atoms. The Kier molecular flexibility index (Phi) is 5.51. The Morgan fingerprint density at radius 1 is 1.22 bits per heavy atom. The van der Waals surface area contributed by atoms with Crippen molar-refractivity contribution < 1.29 is 19.4 Å². The molecule has 7 heteroatoms. The number of allylic oxidation sites excluding steroid dienone is 1. The zero-order chi connectivity index (χ0) is 22.5. The van der Waals surface area contributed by atoms with E-state index in [9.17, 15) is 14.7 Å². The summed E-state index contributed by atoms with van der Waals surface area (Å²) in [4.78, 5) is 23.3. The Hall–Kier alpha value is -2.02. The maximum Gasteiger partial charge on any atom is 0.305 e. The van der Waals surface area contributed by atoms with E-state index in [1.54, 1.807) is 4.68 Å². The minimum atomic E-state index is -0.956. The number of hydrogen-bond donors (Lipinski definition) is 1. The number of ether oxygens (including phenoxy) is 1. The Morgan fingerprint density at radius 3 is 2.88 bits per heavy atom. The van der Waals surface area contributed by atoms with E-state index in [1.807, 2.05) is 12.3 Å². The maximum atomic E-state index is 12.0. The molecule has 4 aliphatic rings. The molecule has 0 aromatic carbocycles. The Labute approximate surface area is 189 Å². The normalized spacial score (nSPS) is 38.5. The maximum absolute atomic E-state index is 12.0. The summed E-state index contributed by atoms with van der Waals surface area (Å²) in [5, 5.41) is 20.7. The second kappa shape index (κ2) is 8.08. The molecule has 1 heterocycles. The molecule has 4 aliphatic carbocycles. The van der Waals surface area contributed by atoms with Crippen LogP contribution in [-0.4, -0.2) is 39.0 Å².